The van der Waals surface area contributed by atoms with Crippen molar-refractivity contribution in [1.82, 2.24) is 14.7 Å². The van der Waals surface area contributed by atoms with Crippen molar-refractivity contribution in [1.29, 1.82) is 0 Å². The summed E-state index contributed by atoms with van der Waals surface area (Å²) in [6.07, 6.45) is 2.24. The van der Waals surface area contributed by atoms with Gasteiger partial charge < -0.3 is 14.4 Å². The summed E-state index contributed by atoms with van der Waals surface area (Å²) >= 11 is 0. The predicted octanol–water partition coefficient (Wildman–Crippen LogP) is 3.98. The molecule has 0 spiro atoms. The van der Waals surface area contributed by atoms with Crippen molar-refractivity contribution in [2.24, 2.45) is 0 Å². The smallest absolute Gasteiger partial charge is 0.274 e. The summed E-state index contributed by atoms with van der Waals surface area (Å²) < 4.78 is 7.43. The molecular formula is C20H22N4O2. The van der Waals surface area contributed by atoms with Gasteiger partial charge in [0.2, 0.25) is 5.91 Å². The van der Waals surface area contributed by atoms with Gasteiger partial charge in [0.15, 0.2) is 5.82 Å². The summed E-state index contributed by atoms with van der Waals surface area (Å²) in [5.74, 6) is 1.61. The molecule has 2 aromatic heterocycles. The van der Waals surface area contributed by atoms with Crippen LogP contribution in [-0.4, -0.2) is 20.6 Å². The molecule has 1 fully saturated rings. The average Bonchev–Trinajstić information content (AvgIpc) is 3.28. The number of hydrogen-bond donors (Lipinski definition) is 1. The fraction of sp³-hybridized carbons (Fsp3) is 0.350. The molecule has 0 atom stereocenters. The van der Waals surface area contributed by atoms with E-state index in [1.807, 2.05) is 55.7 Å². The van der Waals surface area contributed by atoms with Gasteiger partial charge in [0, 0.05) is 17.3 Å². The molecule has 1 amide bonds. The van der Waals surface area contributed by atoms with Crippen LogP contribution >= 0.6 is 0 Å². The van der Waals surface area contributed by atoms with Crippen molar-refractivity contribution >= 4 is 11.6 Å². The minimum absolute atomic E-state index is 0.0822. The number of aromatic nitrogens is 3. The van der Waals surface area contributed by atoms with Crippen molar-refractivity contribution in [3.8, 4) is 11.6 Å². The summed E-state index contributed by atoms with van der Waals surface area (Å²) in [6, 6.07) is 9.79. The van der Waals surface area contributed by atoms with E-state index >= 15 is 0 Å². The first-order valence-electron chi connectivity index (χ1n) is 8.89. The lowest BCUT2D eigenvalue weighted by Gasteiger charge is -2.12. The third kappa shape index (κ3) is 3.14. The molecule has 0 radical (unpaired) electrons. The molecule has 0 unspecified atom stereocenters. The van der Waals surface area contributed by atoms with Crippen molar-refractivity contribution in [2.45, 2.75) is 46.1 Å². The van der Waals surface area contributed by atoms with Crippen LogP contribution in [0.2, 0.25) is 0 Å². The molecule has 6 heteroatoms. The normalized spacial score (nSPS) is 13.8. The molecule has 0 saturated heterocycles. The highest BCUT2D eigenvalue weighted by molar-refractivity contribution is 5.91. The molecule has 1 N–H and O–H groups in total. The molecular weight excluding hydrogens is 328 g/mol. The van der Waals surface area contributed by atoms with E-state index in [1.54, 1.807) is 0 Å². The van der Waals surface area contributed by atoms with Crippen molar-refractivity contribution in [3.63, 3.8) is 0 Å². The number of amides is 1. The van der Waals surface area contributed by atoms with E-state index in [9.17, 15) is 4.79 Å². The van der Waals surface area contributed by atoms with E-state index in [-0.39, 0.29) is 12.5 Å². The lowest BCUT2D eigenvalue weighted by molar-refractivity contribution is -0.116. The Labute approximate surface area is 152 Å². The molecule has 1 saturated carbocycles. The van der Waals surface area contributed by atoms with E-state index < -0.39 is 0 Å². The Bertz CT molecular complexity index is 966. The zero-order valence-corrected chi connectivity index (χ0v) is 15.2. The predicted molar refractivity (Wildman–Crippen MR) is 99.0 cm³/mol. The van der Waals surface area contributed by atoms with E-state index in [2.05, 4.69) is 15.5 Å². The van der Waals surface area contributed by atoms with Gasteiger partial charge >= 0.3 is 0 Å². The van der Waals surface area contributed by atoms with E-state index in [0.717, 1.165) is 46.9 Å². The van der Waals surface area contributed by atoms with Gasteiger partial charge in [-0.2, -0.15) is 4.98 Å². The standard InChI is InChI=1S/C20H22N4O2/c1-12-6-4-5-7-16(12)21-17(25)11-24-14(3)10-13(2)18(24)20-22-19(23-26-20)15-8-9-15/h4-7,10,15H,8-9,11H2,1-3H3,(H,21,25). The maximum atomic E-state index is 12.6. The van der Waals surface area contributed by atoms with Crippen LogP contribution in [0.5, 0.6) is 0 Å². The SMILES string of the molecule is Cc1ccccc1NC(=O)Cn1c(C)cc(C)c1-c1nc(C2CC2)no1. The monoisotopic (exact) mass is 350 g/mol. The number of anilines is 1. The number of nitrogens with zero attached hydrogens (tertiary/aromatic N) is 3. The topological polar surface area (TPSA) is 73.0 Å². The summed E-state index contributed by atoms with van der Waals surface area (Å²) in [5, 5.41) is 7.09. The maximum absolute atomic E-state index is 12.6. The van der Waals surface area contributed by atoms with Gasteiger partial charge in [0.05, 0.1) is 0 Å². The molecule has 4 rings (SSSR count). The van der Waals surface area contributed by atoms with Crippen LogP contribution in [0.3, 0.4) is 0 Å². The second-order valence-electron chi connectivity index (χ2n) is 7.00. The summed E-state index contributed by atoms with van der Waals surface area (Å²) in [5.41, 5.74) is 4.70. The number of rotatable bonds is 5. The lowest BCUT2D eigenvalue weighted by atomic mass is 10.2. The molecule has 1 aromatic carbocycles. The highest BCUT2D eigenvalue weighted by atomic mass is 16.5. The largest absolute Gasteiger partial charge is 0.332 e. The van der Waals surface area contributed by atoms with Crippen molar-refractivity contribution in [3.05, 3.63) is 53.0 Å². The number of carbonyl (C=O) groups excluding carboxylic acids is 1. The molecule has 6 nitrogen and oxygen atoms in total. The first-order chi connectivity index (χ1) is 12.5. The number of aryl methyl sites for hydroxylation is 3. The average molecular weight is 350 g/mol. The molecule has 1 aliphatic rings. The molecule has 0 aliphatic heterocycles. The zero-order chi connectivity index (χ0) is 18.3. The second-order valence-corrected chi connectivity index (χ2v) is 7.00. The van der Waals surface area contributed by atoms with Crippen LogP contribution in [-0.2, 0) is 11.3 Å². The Morgan fingerprint density at radius 1 is 1.23 bits per heavy atom. The number of hydrogen-bond acceptors (Lipinski definition) is 4. The van der Waals surface area contributed by atoms with Crippen LogP contribution in [0.1, 0.15) is 41.4 Å². The molecule has 26 heavy (non-hydrogen) atoms. The molecule has 0 bridgehead atoms. The third-order valence-corrected chi connectivity index (χ3v) is 4.80. The highest BCUT2D eigenvalue weighted by Crippen LogP contribution is 2.39. The fourth-order valence-electron chi connectivity index (χ4n) is 3.22. The van der Waals surface area contributed by atoms with Gasteiger partial charge in [0.1, 0.15) is 12.2 Å². The van der Waals surface area contributed by atoms with Gasteiger partial charge in [-0.15, -0.1) is 0 Å². The van der Waals surface area contributed by atoms with E-state index in [1.165, 1.54) is 0 Å². The maximum Gasteiger partial charge on any atom is 0.274 e. The van der Waals surface area contributed by atoms with Crippen molar-refractivity contribution in [2.75, 3.05) is 5.32 Å². The first kappa shape index (κ1) is 16.6. The Hall–Kier alpha value is -2.89. The summed E-state index contributed by atoms with van der Waals surface area (Å²) in [7, 11) is 0. The Kier molecular flexibility index (Phi) is 4.11. The van der Waals surface area contributed by atoms with Gasteiger partial charge in [-0.3, -0.25) is 4.79 Å². The van der Waals surface area contributed by atoms with Gasteiger partial charge in [-0.1, -0.05) is 23.4 Å². The Balaban J connectivity index is 1.60. The van der Waals surface area contributed by atoms with E-state index in [4.69, 9.17) is 4.52 Å². The number of benzene rings is 1. The number of para-hydroxylation sites is 1. The van der Waals surface area contributed by atoms with Gasteiger partial charge in [-0.25, -0.2) is 0 Å². The van der Waals surface area contributed by atoms with Crippen LogP contribution in [0.4, 0.5) is 5.69 Å². The van der Waals surface area contributed by atoms with Crippen LogP contribution in [0.15, 0.2) is 34.9 Å². The minimum atomic E-state index is -0.0822. The number of nitrogens with one attached hydrogen (secondary N) is 1. The molecule has 3 aromatic rings. The Morgan fingerprint density at radius 3 is 2.73 bits per heavy atom. The fourth-order valence-corrected chi connectivity index (χ4v) is 3.22. The van der Waals surface area contributed by atoms with Crippen LogP contribution < -0.4 is 5.32 Å². The third-order valence-electron chi connectivity index (χ3n) is 4.80. The molecule has 2 heterocycles. The minimum Gasteiger partial charge on any atom is -0.332 e. The summed E-state index contributed by atoms with van der Waals surface area (Å²) in [4.78, 5) is 17.2. The highest BCUT2D eigenvalue weighted by Gasteiger charge is 2.30. The van der Waals surface area contributed by atoms with Crippen LogP contribution in [0, 0.1) is 20.8 Å². The molecule has 1 aliphatic carbocycles. The van der Waals surface area contributed by atoms with Gasteiger partial charge in [0.25, 0.3) is 5.89 Å². The quantitative estimate of drug-likeness (QED) is 0.755. The molecule has 134 valence electrons. The van der Waals surface area contributed by atoms with Crippen molar-refractivity contribution < 1.29 is 9.32 Å². The van der Waals surface area contributed by atoms with Crippen LogP contribution in [0.25, 0.3) is 11.6 Å². The zero-order valence-electron chi connectivity index (χ0n) is 15.2. The first-order valence-corrected chi connectivity index (χ1v) is 8.89. The summed E-state index contributed by atoms with van der Waals surface area (Å²) in [6.45, 7) is 6.16. The van der Waals surface area contributed by atoms with E-state index in [0.29, 0.717) is 11.8 Å². The second kappa shape index (κ2) is 6.44. The Morgan fingerprint density at radius 2 is 2.00 bits per heavy atom. The number of carbonyl (C=O) groups is 1. The lowest BCUT2D eigenvalue weighted by Crippen LogP contribution is -2.20. The van der Waals surface area contributed by atoms with Gasteiger partial charge in [-0.05, 0) is 56.9 Å².